The van der Waals surface area contributed by atoms with Crippen molar-refractivity contribution in [1.82, 2.24) is 19.5 Å². The predicted octanol–water partition coefficient (Wildman–Crippen LogP) is 11.5. The van der Waals surface area contributed by atoms with Crippen LogP contribution in [-0.4, -0.2) is 19.5 Å². The molecule has 0 amide bonds. The lowest BCUT2D eigenvalue weighted by Crippen LogP contribution is -2.01. The van der Waals surface area contributed by atoms with Gasteiger partial charge in [0.25, 0.3) is 0 Å². The second-order valence-electron chi connectivity index (χ2n) is 11.5. The van der Waals surface area contributed by atoms with Gasteiger partial charge in [0.2, 0.25) is 0 Å². The van der Waals surface area contributed by atoms with Crippen LogP contribution >= 0.6 is 0 Å². The van der Waals surface area contributed by atoms with Crippen LogP contribution in [0.4, 0.5) is 0 Å². The minimum atomic E-state index is -0.724. The van der Waals surface area contributed by atoms with Crippen molar-refractivity contribution in [3.63, 3.8) is 0 Å². The highest BCUT2D eigenvalue weighted by atomic mass is 16.3. The van der Waals surface area contributed by atoms with Crippen LogP contribution in [0, 0.1) is 0 Å². The first-order chi connectivity index (χ1) is 29.8. The zero-order valence-electron chi connectivity index (χ0n) is 37.9. The molecule has 0 spiro atoms. The van der Waals surface area contributed by atoms with E-state index in [4.69, 9.17) is 31.7 Å². The van der Waals surface area contributed by atoms with Gasteiger partial charge in [-0.1, -0.05) is 133 Å². The molecule has 0 aliphatic rings. The van der Waals surface area contributed by atoms with Gasteiger partial charge in [-0.05, 0) is 47.4 Å². The zero-order chi connectivity index (χ0) is 43.5. The molecule has 0 saturated carbocycles. The normalized spacial score (nSPS) is 15.0. The standard InChI is InChI=1S/C45H28N4O/c1-3-12-29(13-4-1)30-22-24-31(25-23-30)43-46-44(48-45(47-43)37-18-11-21-41-42(37)36-17-8-10-20-40(36)50-41)32-26-27-35-34-16-7-9-19-38(34)49(39(35)28-32)33-14-5-2-6-15-33/h1-28H/i2D,5D,6D,7D,9D,14D,15D,16D,19D,26D,27D,28D. The topological polar surface area (TPSA) is 56.7 Å². The van der Waals surface area contributed by atoms with E-state index in [0.29, 0.717) is 27.7 Å². The summed E-state index contributed by atoms with van der Waals surface area (Å²) >= 11 is 0. The first-order valence-corrected chi connectivity index (χ1v) is 15.7. The highest BCUT2D eigenvalue weighted by Gasteiger charge is 2.19. The maximum atomic E-state index is 9.85. The molecule has 5 heteroatoms. The fourth-order valence-corrected chi connectivity index (χ4v) is 6.34. The van der Waals surface area contributed by atoms with Gasteiger partial charge < -0.3 is 8.98 Å². The van der Waals surface area contributed by atoms with Crippen LogP contribution in [0.1, 0.15) is 16.4 Å². The fourth-order valence-electron chi connectivity index (χ4n) is 6.34. The molecule has 0 N–H and O–H groups in total. The molecule has 0 radical (unpaired) electrons. The molecule has 3 heterocycles. The van der Waals surface area contributed by atoms with Crippen LogP contribution in [0.3, 0.4) is 0 Å². The maximum Gasteiger partial charge on any atom is 0.164 e. The van der Waals surface area contributed by atoms with Gasteiger partial charge >= 0.3 is 0 Å². The first kappa shape index (κ1) is 18.6. The Labute approximate surface area is 304 Å². The van der Waals surface area contributed by atoms with Gasteiger partial charge in [0.1, 0.15) is 11.2 Å². The van der Waals surface area contributed by atoms with Crippen LogP contribution in [0.15, 0.2) is 174 Å². The van der Waals surface area contributed by atoms with Crippen molar-refractivity contribution in [1.29, 1.82) is 0 Å². The molecule has 50 heavy (non-hydrogen) atoms. The predicted molar refractivity (Wildman–Crippen MR) is 203 cm³/mol. The summed E-state index contributed by atoms with van der Waals surface area (Å²) in [5.41, 5.74) is 2.76. The van der Waals surface area contributed by atoms with E-state index >= 15 is 0 Å². The summed E-state index contributed by atoms with van der Waals surface area (Å²) in [4.78, 5) is 14.6. The van der Waals surface area contributed by atoms with Crippen molar-refractivity contribution in [2.24, 2.45) is 0 Å². The molecule has 0 fully saturated rings. The summed E-state index contributed by atoms with van der Waals surface area (Å²) in [7, 11) is 0. The van der Waals surface area contributed by atoms with E-state index in [2.05, 4.69) is 0 Å². The highest BCUT2D eigenvalue weighted by molar-refractivity contribution is 6.12. The van der Waals surface area contributed by atoms with Crippen LogP contribution in [0.25, 0.3) is 94.7 Å². The number of rotatable bonds is 5. The molecular formula is C45H28N4O. The van der Waals surface area contributed by atoms with E-state index in [1.165, 1.54) is 0 Å². The van der Waals surface area contributed by atoms with E-state index in [1.54, 1.807) is 6.07 Å². The minimum Gasteiger partial charge on any atom is -0.456 e. The van der Waals surface area contributed by atoms with E-state index < -0.39 is 78.2 Å². The largest absolute Gasteiger partial charge is 0.456 e. The average molecular weight is 653 g/mol. The third-order valence-electron chi connectivity index (χ3n) is 8.62. The Kier molecular flexibility index (Phi) is 4.24. The van der Waals surface area contributed by atoms with E-state index in [-0.39, 0.29) is 44.8 Å². The van der Waals surface area contributed by atoms with Gasteiger partial charge in [0.05, 0.1) is 27.5 Å². The van der Waals surface area contributed by atoms with Crippen LogP contribution in [0.5, 0.6) is 0 Å². The number of aromatic nitrogens is 4. The summed E-state index contributed by atoms with van der Waals surface area (Å²) < 4.78 is 114. The molecule has 234 valence electrons. The summed E-state index contributed by atoms with van der Waals surface area (Å²) in [5, 5.41) is 0.974. The van der Waals surface area contributed by atoms with Crippen molar-refractivity contribution in [3.8, 4) is 51.0 Å². The first-order valence-electron chi connectivity index (χ1n) is 21.7. The molecule has 0 saturated heterocycles. The number of hydrogen-bond donors (Lipinski definition) is 0. The van der Waals surface area contributed by atoms with E-state index in [0.717, 1.165) is 21.1 Å². The Morgan fingerprint density at radius 1 is 0.460 bits per heavy atom. The van der Waals surface area contributed by atoms with Crippen molar-refractivity contribution in [3.05, 3.63) is 170 Å². The Hall–Kier alpha value is -6.85. The molecule has 5 nitrogen and oxygen atoms in total. The van der Waals surface area contributed by atoms with E-state index in [1.807, 2.05) is 91.0 Å². The lowest BCUT2D eigenvalue weighted by molar-refractivity contribution is 0.669. The molecular weight excluding hydrogens is 613 g/mol. The van der Waals surface area contributed by atoms with Gasteiger partial charge in [0.15, 0.2) is 17.5 Å². The Bertz CT molecular complexity index is 3520. The summed E-state index contributed by atoms with van der Waals surface area (Å²) in [5.74, 6) is 0.0980. The lowest BCUT2D eigenvalue weighted by Gasteiger charge is -2.11. The summed E-state index contributed by atoms with van der Waals surface area (Å²) in [6.45, 7) is 0. The lowest BCUT2D eigenvalue weighted by atomic mass is 10.0. The van der Waals surface area contributed by atoms with Gasteiger partial charge in [-0.2, -0.15) is 0 Å². The number of nitrogens with zero attached hydrogens (tertiary/aromatic N) is 4. The molecule has 0 unspecified atom stereocenters. The quantitative estimate of drug-likeness (QED) is 0.186. The number of fused-ring (bicyclic) bond motifs is 6. The van der Waals surface area contributed by atoms with Crippen molar-refractivity contribution in [2.45, 2.75) is 0 Å². The third-order valence-corrected chi connectivity index (χ3v) is 8.62. The van der Waals surface area contributed by atoms with Gasteiger partial charge in [-0.3, -0.25) is 0 Å². The second kappa shape index (κ2) is 11.4. The highest BCUT2D eigenvalue weighted by Crippen LogP contribution is 2.38. The summed E-state index contributed by atoms with van der Waals surface area (Å²) in [6.07, 6.45) is 0. The second-order valence-corrected chi connectivity index (χ2v) is 11.5. The molecule has 7 aromatic carbocycles. The smallest absolute Gasteiger partial charge is 0.164 e. The number of furan rings is 1. The number of benzene rings is 7. The SMILES string of the molecule is [2H]c1c([2H])c([2H])c(-n2c3c([2H])c([2H])c([2H])c([2H])c3c3c([2H])c([2H])c(-c4nc(-c5ccc(-c6ccccc6)cc5)nc(-c5cccc6oc7ccccc7c56)n4)c([2H])c32)c([2H])c1[2H]. The van der Waals surface area contributed by atoms with E-state index in [9.17, 15) is 4.11 Å². The Balaban J connectivity index is 1.33. The monoisotopic (exact) mass is 652 g/mol. The van der Waals surface area contributed by atoms with Gasteiger partial charge in [-0.25, -0.2) is 15.0 Å². The molecule has 0 bridgehead atoms. The Morgan fingerprint density at radius 3 is 1.98 bits per heavy atom. The van der Waals surface area contributed by atoms with Crippen LogP contribution in [0.2, 0.25) is 0 Å². The zero-order valence-corrected chi connectivity index (χ0v) is 25.9. The Morgan fingerprint density at radius 2 is 1.12 bits per heavy atom. The van der Waals surface area contributed by atoms with Crippen LogP contribution in [-0.2, 0) is 0 Å². The number of para-hydroxylation sites is 3. The molecule has 10 aromatic rings. The van der Waals surface area contributed by atoms with Gasteiger partial charge in [0, 0.05) is 43.9 Å². The molecule has 0 aliphatic heterocycles. The van der Waals surface area contributed by atoms with Crippen molar-refractivity contribution < 1.29 is 20.9 Å². The molecule has 0 atom stereocenters. The fraction of sp³-hybridized carbons (Fsp3) is 0. The average Bonchev–Trinajstić information content (AvgIpc) is 3.86. The maximum absolute atomic E-state index is 9.85. The molecule has 3 aromatic heterocycles. The van der Waals surface area contributed by atoms with Crippen molar-refractivity contribution >= 4 is 43.7 Å². The summed E-state index contributed by atoms with van der Waals surface area (Å²) in [6, 6.07) is 22.4. The van der Waals surface area contributed by atoms with Gasteiger partial charge in [-0.15, -0.1) is 0 Å². The molecule has 0 aliphatic carbocycles. The van der Waals surface area contributed by atoms with Crippen molar-refractivity contribution in [2.75, 3.05) is 0 Å². The number of hydrogen-bond acceptors (Lipinski definition) is 4. The van der Waals surface area contributed by atoms with Crippen LogP contribution < -0.4 is 0 Å². The third kappa shape index (κ3) is 4.60. The molecule has 10 rings (SSSR count). The minimum absolute atomic E-state index is 0.144.